The second kappa shape index (κ2) is 4.53. The minimum absolute atomic E-state index is 0.0786. The van der Waals surface area contributed by atoms with E-state index in [9.17, 15) is 9.59 Å². The minimum Gasteiger partial charge on any atom is -0.468 e. The van der Waals surface area contributed by atoms with Crippen molar-refractivity contribution in [3.8, 4) is 0 Å². The highest BCUT2D eigenvalue weighted by atomic mass is 32.2. The number of fused-ring (bicyclic) bond motifs is 1. The zero-order valence-corrected chi connectivity index (χ0v) is 10.8. The normalized spacial score (nSPS) is 23.1. The molecule has 1 heterocycles. The quantitative estimate of drug-likeness (QED) is 0.567. The van der Waals surface area contributed by atoms with E-state index < -0.39 is 11.9 Å². The van der Waals surface area contributed by atoms with Crippen LogP contribution in [0.4, 0.5) is 0 Å². The third-order valence-electron chi connectivity index (χ3n) is 2.92. The number of thioether (sulfide) groups is 1. The van der Waals surface area contributed by atoms with Crippen molar-refractivity contribution < 1.29 is 14.3 Å². The molecule has 0 bridgehead atoms. The number of hydrogen-bond acceptors (Lipinski definition) is 4. The monoisotopic (exact) mass is 250 g/mol. The molecule has 1 aliphatic heterocycles. The maximum absolute atomic E-state index is 12.3. The Morgan fingerprint density at radius 3 is 2.76 bits per heavy atom. The van der Waals surface area contributed by atoms with Crippen LogP contribution in [-0.4, -0.2) is 24.1 Å². The Bertz CT molecular complexity index is 482. The molecule has 2 atom stereocenters. The zero-order chi connectivity index (χ0) is 12.6. The highest BCUT2D eigenvalue weighted by molar-refractivity contribution is 8.00. The number of carbonyl (C=O) groups is 2. The van der Waals surface area contributed by atoms with Crippen molar-refractivity contribution in [2.45, 2.75) is 24.0 Å². The summed E-state index contributed by atoms with van der Waals surface area (Å²) < 4.78 is 4.70. The Morgan fingerprint density at radius 2 is 2.12 bits per heavy atom. The SMILES string of the molecule is COC(=O)C1C(=O)c2cc(C)ccc2SC1C. The highest BCUT2D eigenvalue weighted by Gasteiger charge is 2.39. The van der Waals surface area contributed by atoms with Crippen LogP contribution in [0, 0.1) is 12.8 Å². The van der Waals surface area contributed by atoms with E-state index in [2.05, 4.69) is 0 Å². The van der Waals surface area contributed by atoms with Crippen molar-refractivity contribution in [2.24, 2.45) is 5.92 Å². The summed E-state index contributed by atoms with van der Waals surface area (Å²) in [6, 6.07) is 5.76. The van der Waals surface area contributed by atoms with Crippen LogP contribution >= 0.6 is 11.8 Å². The van der Waals surface area contributed by atoms with Crippen LogP contribution in [0.2, 0.25) is 0 Å². The number of ketones is 1. The predicted molar refractivity (Wildman–Crippen MR) is 66.3 cm³/mol. The first-order chi connectivity index (χ1) is 8.04. The van der Waals surface area contributed by atoms with Gasteiger partial charge in [0.1, 0.15) is 5.92 Å². The van der Waals surface area contributed by atoms with E-state index in [1.807, 2.05) is 32.0 Å². The molecule has 0 aliphatic carbocycles. The Morgan fingerprint density at radius 1 is 1.41 bits per heavy atom. The largest absolute Gasteiger partial charge is 0.468 e. The molecule has 1 aromatic rings. The molecule has 0 saturated carbocycles. The van der Waals surface area contributed by atoms with Crippen LogP contribution in [0.3, 0.4) is 0 Å². The summed E-state index contributed by atoms with van der Waals surface area (Å²) in [5.74, 6) is -1.25. The Kier molecular flexibility index (Phi) is 3.24. The van der Waals surface area contributed by atoms with E-state index in [0.29, 0.717) is 5.56 Å². The molecule has 0 radical (unpaired) electrons. The van der Waals surface area contributed by atoms with Gasteiger partial charge in [-0.05, 0) is 19.1 Å². The van der Waals surface area contributed by atoms with Gasteiger partial charge in [-0.1, -0.05) is 18.6 Å². The molecule has 0 fully saturated rings. The first kappa shape index (κ1) is 12.2. The molecule has 0 saturated heterocycles. The molecule has 17 heavy (non-hydrogen) atoms. The van der Waals surface area contributed by atoms with Crippen molar-refractivity contribution in [1.29, 1.82) is 0 Å². The van der Waals surface area contributed by atoms with Gasteiger partial charge in [0.25, 0.3) is 0 Å². The topological polar surface area (TPSA) is 43.4 Å². The number of methoxy groups -OCH3 is 1. The fourth-order valence-electron chi connectivity index (χ4n) is 2.01. The Balaban J connectivity index is 2.45. The minimum atomic E-state index is -0.681. The molecule has 0 amide bonds. The molecule has 1 aromatic carbocycles. The van der Waals surface area contributed by atoms with Gasteiger partial charge < -0.3 is 4.74 Å². The number of hydrogen-bond donors (Lipinski definition) is 0. The fraction of sp³-hybridized carbons (Fsp3) is 0.385. The summed E-state index contributed by atoms with van der Waals surface area (Å²) >= 11 is 1.55. The second-order valence-corrected chi connectivity index (χ2v) is 5.61. The number of ether oxygens (including phenoxy) is 1. The van der Waals surface area contributed by atoms with Crippen LogP contribution < -0.4 is 0 Å². The number of esters is 1. The summed E-state index contributed by atoms with van der Waals surface area (Å²) in [4.78, 5) is 24.8. The van der Waals surface area contributed by atoms with Gasteiger partial charge >= 0.3 is 5.97 Å². The Labute approximate surface area is 105 Å². The van der Waals surface area contributed by atoms with Gasteiger partial charge in [-0.25, -0.2) is 0 Å². The maximum atomic E-state index is 12.3. The van der Waals surface area contributed by atoms with Crippen molar-refractivity contribution in [2.75, 3.05) is 7.11 Å². The van der Waals surface area contributed by atoms with E-state index >= 15 is 0 Å². The van der Waals surface area contributed by atoms with Crippen molar-refractivity contribution in [3.05, 3.63) is 29.3 Å². The van der Waals surface area contributed by atoms with Gasteiger partial charge in [0.2, 0.25) is 0 Å². The summed E-state index contributed by atoms with van der Waals surface area (Å²) in [5, 5.41) is -0.0786. The summed E-state index contributed by atoms with van der Waals surface area (Å²) in [6.45, 7) is 3.82. The number of aryl methyl sites for hydroxylation is 1. The van der Waals surface area contributed by atoms with Crippen LogP contribution in [0.1, 0.15) is 22.8 Å². The lowest BCUT2D eigenvalue weighted by atomic mass is 9.93. The van der Waals surface area contributed by atoms with Crippen molar-refractivity contribution in [1.82, 2.24) is 0 Å². The third kappa shape index (κ3) is 2.09. The second-order valence-electron chi connectivity index (χ2n) is 4.19. The number of rotatable bonds is 1. The molecule has 0 N–H and O–H groups in total. The van der Waals surface area contributed by atoms with Crippen LogP contribution in [0.15, 0.2) is 23.1 Å². The molecule has 0 spiro atoms. The molecule has 2 unspecified atom stereocenters. The summed E-state index contributed by atoms with van der Waals surface area (Å²) in [5.41, 5.74) is 1.67. The van der Waals surface area contributed by atoms with Crippen LogP contribution in [-0.2, 0) is 9.53 Å². The molecule has 2 rings (SSSR count). The average Bonchev–Trinajstić information content (AvgIpc) is 2.30. The van der Waals surface area contributed by atoms with E-state index in [-0.39, 0.29) is 11.0 Å². The maximum Gasteiger partial charge on any atom is 0.317 e. The first-order valence-corrected chi connectivity index (χ1v) is 6.32. The highest BCUT2D eigenvalue weighted by Crippen LogP contribution is 2.39. The van der Waals surface area contributed by atoms with Crippen molar-refractivity contribution in [3.63, 3.8) is 0 Å². The van der Waals surface area contributed by atoms with E-state index in [0.717, 1.165) is 10.5 Å². The van der Waals surface area contributed by atoms with Gasteiger partial charge in [-0.2, -0.15) is 0 Å². The lowest BCUT2D eigenvalue weighted by Crippen LogP contribution is -2.36. The molecule has 4 heteroatoms. The van der Waals surface area contributed by atoms with Crippen LogP contribution in [0.5, 0.6) is 0 Å². The standard InChI is InChI=1S/C13H14O3S/c1-7-4-5-10-9(6-7)12(14)11(8(2)17-10)13(15)16-3/h4-6,8,11H,1-3H3. The lowest BCUT2D eigenvalue weighted by molar-refractivity contribution is -0.143. The average molecular weight is 250 g/mol. The molecular formula is C13H14O3S. The van der Waals surface area contributed by atoms with Crippen LogP contribution in [0.25, 0.3) is 0 Å². The third-order valence-corrected chi connectivity index (χ3v) is 4.17. The van der Waals surface area contributed by atoms with Gasteiger partial charge in [-0.15, -0.1) is 11.8 Å². The van der Waals surface area contributed by atoms with Gasteiger partial charge in [0, 0.05) is 15.7 Å². The number of Topliss-reactive ketones (excluding diaryl/α,β-unsaturated/α-hetero) is 1. The predicted octanol–water partition coefficient (Wildman–Crippen LogP) is 2.46. The van der Waals surface area contributed by atoms with E-state index in [1.165, 1.54) is 7.11 Å². The number of benzene rings is 1. The Hall–Kier alpha value is -1.29. The smallest absolute Gasteiger partial charge is 0.317 e. The zero-order valence-electron chi connectivity index (χ0n) is 10.0. The molecule has 1 aliphatic rings. The molecular weight excluding hydrogens is 236 g/mol. The molecule has 0 aromatic heterocycles. The summed E-state index contributed by atoms with van der Waals surface area (Å²) in [7, 11) is 1.32. The fourth-order valence-corrected chi connectivity index (χ4v) is 3.22. The van der Waals surface area contributed by atoms with Crippen molar-refractivity contribution >= 4 is 23.5 Å². The molecule has 3 nitrogen and oxygen atoms in total. The van der Waals surface area contributed by atoms with Gasteiger partial charge in [0.05, 0.1) is 7.11 Å². The van der Waals surface area contributed by atoms with E-state index in [4.69, 9.17) is 4.74 Å². The number of carbonyl (C=O) groups excluding carboxylic acids is 2. The summed E-state index contributed by atoms with van der Waals surface area (Å²) in [6.07, 6.45) is 0. The van der Waals surface area contributed by atoms with Gasteiger partial charge in [0.15, 0.2) is 5.78 Å². The lowest BCUT2D eigenvalue weighted by Gasteiger charge is -2.27. The molecule has 90 valence electrons. The van der Waals surface area contributed by atoms with Gasteiger partial charge in [-0.3, -0.25) is 9.59 Å². The van der Waals surface area contributed by atoms with E-state index in [1.54, 1.807) is 11.8 Å². The first-order valence-electron chi connectivity index (χ1n) is 5.44.